The summed E-state index contributed by atoms with van der Waals surface area (Å²) in [4.78, 5) is 21.9. The van der Waals surface area contributed by atoms with E-state index in [2.05, 4.69) is 10.4 Å². The van der Waals surface area contributed by atoms with Gasteiger partial charge < -0.3 is 10.4 Å². The zero-order valence-corrected chi connectivity index (χ0v) is 12.9. The molecule has 0 aliphatic rings. The maximum atomic E-state index is 12.0. The third kappa shape index (κ3) is 5.54. The van der Waals surface area contributed by atoms with Crippen molar-refractivity contribution in [2.75, 3.05) is 5.75 Å². The van der Waals surface area contributed by atoms with Crippen molar-refractivity contribution < 1.29 is 23.1 Å². The van der Waals surface area contributed by atoms with Gasteiger partial charge in [-0.05, 0) is 19.9 Å². The van der Waals surface area contributed by atoms with Crippen LogP contribution in [-0.4, -0.2) is 47.0 Å². The first-order chi connectivity index (χ1) is 9.60. The van der Waals surface area contributed by atoms with Crippen LogP contribution < -0.4 is 5.32 Å². The van der Waals surface area contributed by atoms with Crippen molar-refractivity contribution in [3.8, 4) is 0 Å². The summed E-state index contributed by atoms with van der Waals surface area (Å²) in [6.07, 6.45) is 1.66. The maximum absolute atomic E-state index is 12.0. The molecule has 0 saturated heterocycles. The summed E-state index contributed by atoms with van der Waals surface area (Å²) in [6.45, 7) is 4.94. The second kappa shape index (κ2) is 6.70. The van der Waals surface area contributed by atoms with E-state index in [0.29, 0.717) is 5.69 Å². The quantitative estimate of drug-likeness (QED) is 0.729. The summed E-state index contributed by atoms with van der Waals surface area (Å²) in [5.74, 6) is -3.02. The van der Waals surface area contributed by atoms with Crippen molar-refractivity contribution in [1.82, 2.24) is 15.1 Å². The highest BCUT2D eigenvalue weighted by Crippen LogP contribution is 2.09. The Labute approximate surface area is 123 Å². The summed E-state index contributed by atoms with van der Waals surface area (Å²) < 4.78 is 25.6. The van der Waals surface area contributed by atoms with Crippen LogP contribution >= 0.6 is 0 Å². The summed E-state index contributed by atoms with van der Waals surface area (Å²) in [5.41, 5.74) is 0.343. The monoisotopic (exact) mass is 317 g/mol. The van der Waals surface area contributed by atoms with Crippen molar-refractivity contribution in [1.29, 1.82) is 0 Å². The number of sulfone groups is 1. The van der Waals surface area contributed by atoms with Crippen molar-refractivity contribution in [3.05, 3.63) is 18.0 Å². The predicted molar refractivity (Wildman–Crippen MR) is 75.3 cm³/mol. The molecule has 9 heteroatoms. The highest BCUT2D eigenvalue weighted by atomic mass is 32.2. The van der Waals surface area contributed by atoms with E-state index >= 15 is 0 Å². The minimum atomic E-state index is -3.71. The Morgan fingerprint density at radius 1 is 1.43 bits per heavy atom. The highest BCUT2D eigenvalue weighted by Gasteiger charge is 2.26. The van der Waals surface area contributed by atoms with Gasteiger partial charge in [0.15, 0.2) is 9.84 Å². The molecule has 8 nitrogen and oxygen atoms in total. The first-order valence-corrected chi connectivity index (χ1v) is 8.17. The van der Waals surface area contributed by atoms with E-state index in [1.54, 1.807) is 16.9 Å². The fraction of sp³-hybridized carbons (Fsp3) is 0.583. The van der Waals surface area contributed by atoms with E-state index in [1.807, 2.05) is 13.8 Å². The normalized spacial score (nSPS) is 13.1. The lowest BCUT2D eigenvalue weighted by Crippen LogP contribution is -2.44. The van der Waals surface area contributed by atoms with E-state index in [9.17, 15) is 18.0 Å². The number of hydrogen-bond acceptors (Lipinski definition) is 5. The molecule has 0 aliphatic carbocycles. The molecule has 0 bridgehead atoms. The Kier molecular flexibility index (Phi) is 5.47. The van der Waals surface area contributed by atoms with Crippen LogP contribution in [0.25, 0.3) is 0 Å². The molecule has 1 amide bonds. The van der Waals surface area contributed by atoms with Crippen LogP contribution in [0.15, 0.2) is 12.3 Å². The Morgan fingerprint density at radius 3 is 2.48 bits per heavy atom. The first-order valence-electron chi connectivity index (χ1n) is 6.35. The van der Waals surface area contributed by atoms with Crippen LogP contribution in [0, 0.1) is 0 Å². The summed E-state index contributed by atoms with van der Waals surface area (Å²) in [7, 11) is -3.71. The molecule has 1 atom stereocenters. The summed E-state index contributed by atoms with van der Waals surface area (Å²) in [5, 5.41) is 15.1. The maximum Gasteiger partial charge on any atom is 0.327 e. The van der Waals surface area contributed by atoms with Crippen LogP contribution in [0.3, 0.4) is 0 Å². The van der Waals surface area contributed by atoms with Crippen molar-refractivity contribution >= 4 is 21.7 Å². The molecule has 0 radical (unpaired) electrons. The van der Waals surface area contributed by atoms with Crippen molar-refractivity contribution in [3.63, 3.8) is 0 Å². The third-order valence-corrected chi connectivity index (χ3v) is 4.23. The lowest BCUT2D eigenvalue weighted by molar-refractivity contribution is -0.140. The predicted octanol–water partition coefficient (Wildman–Crippen LogP) is -0.0319. The van der Waals surface area contributed by atoms with Crippen LogP contribution in [0.5, 0.6) is 0 Å². The number of rotatable bonds is 7. The van der Waals surface area contributed by atoms with E-state index < -0.39 is 33.5 Å². The van der Waals surface area contributed by atoms with Gasteiger partial charge in [-0.3, -0.25) is 9.48 Å². The molecule has 2 N–H and O–H groups in total. The minimum absolute atomic E-state index is 0.104. The van der Waals surface area contributed by atoms with Crippen LogP contribution in [0.4, 0.5) is 0 Å². The van der Waals surface area contributed by atoms with Gasteiger partial charge in [-0.2, -0.15) is 5.10 Å². The zero-order chi connectivity index (χ0) is 16.2. The molecule has 0 spiro atoms. The number of hydrogen-bond donors (Lipinski definition) is 2. The molecule has 1 aromatic rings. The van der Waals surface area contributed by atoms with Gasteiger partial charge in [0.2, 0.25) is 5.91 Å². The molecule has 0 aromatic carbocycles. The van der Waals surface area contributed by atoms with Gasteiger partial charge in [0, 0.05) is 19.2 Å². The largest absolute Gasteiger partial charge is 0.480 e. The van der Waals surface area contributed by atoms with Gasteiger partial charge >= 0.3 is 5.97 Å². The molecule has 21 heavy (non-hydrogen) atoms. The number of nitrogens with zero attached hydrogens (tertiary/aromatic N) is 2. The Morgan fingerprint density at radius 2 is 2.05 bits per heavy atom. The van der Waals surface area contributed by atoms with E-state index in [1.165, 1.54) is 0 Å². The fourth-order valence-electron chi connectivity index (χ4n) is 1.70. The molecule has 0 fully saturated rings. The number of aromatic nitrogens is 2. The van der Waals surface area contributed by atoms with Gasteiger partial charge in [-0.1, -0.05) is 0 Å². The summed E-state index contributed by atoms with van der Waals surface area (Å²) >= 11 is 0. The molecule has 0 aliphatic heterocycles. The first kappa shape index (κ1) is 17.2. The molecule has 1 aromatic heterocycles. The number of amides is 1. The van der Waals surface area contributed by atoms with Gasteiger partial charge in [0.05, 0.1) is 17.2 Å². The topological polar surface area (TPSA) is 118 Å². The van der Waals surface area contributed by atoms with Gasteiger partial charge in [0.25, 0.3) is 0 Å². The van der Waals surface area contributed by atoms with Crippen LogP contribution in [0.1, 0.15) is 32.5 Å². The minimum Gasteiger partial charge on any atom is -0.480 e. The number of carbonyl (C=O) groups is 2. The van der Waals surface area contributed by atoms with Gasteiger partial charge in [0.1, 0.15) is 6.04 Å². The Hall–Kier alpha value is -1.90. The average Bonchev–Trinajstić information content (AvgIpc) is 2.74. The third-order valence-electron chi connectivity index (χ3n) is 2.66. The molecule has 118 valence electrons. The Bertz CT molecular complexity index is 621. The average molecular weight is 317 g/mol. The molecular weight excluding hydrogens is 298 g/mol. The highest BCUT2D eigenvalue weighted by molar-refractivity contribution is 7.90. The van der Waals surface area contributed by atoms with Crippen molar-refractivity contribution in [2.45, 2.75) is 38.6 Å². The summed E-state index contributed by atoms with van der Waals surface area (Å²) in [6, 6.07) is 0.221. The van der Waals surface area contributed by atoms with Gasteiger partial charge in [-0.15, -0.1) is 0 Å². The fourth-order valence-corrected chi connectivity index (χ4v) is 3.16. The van der Waals surface area contributed by atoms with Crippen LogP contribution in [-0.2, 0) is 25.2 Å². The molecule has 1 rings (SSSR count). The SMILES string of the molecule is CC(=O)N[C@@H](CS(=O)(=O)Cc1ccn(C(C)C)n1)C(=O)O. The molecule has 1 heterocycles. The second-order valence-corrected chi connectivity index (χ2v) is 7.14. The Balaban J connectivity index is 2.79. The standard InChI is InChI=1S/C12H19N3O5S/c1-8(2)15-5-4-10(14-15)6-21(19,20)7-11(12(17)18)13-9(3)16/h4-5,8,11H,6-7H2,1-3H3,(H,13,16)(H,17,18)/t11-/m0/s1. The number of aliphatic carboxylic acids is 1. The lowest BCUT2D eigenvalue weighted by Gasteiger charge is -2.13. The number of carbonyl (C=O) groups excluding carboxylic acids is 1. The van der Waals surface area contributed by atoms with Crippen molar-refractivity contribution in [2.24, 2.45) is 0 Å². The lowest BCUT2D eigenvalue weighted by atomic mass is 10.3. The van der Waals surface area contributed by atoms with E-state index in [-0.39, 0.29) is 11.8 Å². The molecule has 0 saturated carbocycles. The number of carboxylic acid groups (broad SMARTS) is 1. The number of carboxylic acids is 1. The number of nitrogens with one attached hydrogen (secondary N) is 1. The van der Waals surface area contributed by atoms with Gasteiger partial charge in [-0.25, -0.2) is 13.2 Å². The second-order valence-electron chi connectivity index (χ2n) is 5.03. The molecular formula is C12H19N3O5S. The van der Waals surface area contributed by atoms with Crippen LogP contribution in [0.2, 0.25) is 0 Å². The zero-order valence-electron chi connectivity index (χ0n) is 12.1. The van der Waals surface area contributed by atoms with E-state index in [4.69, 9.17) is 5.11 Å². The van der Waals surface area contributed by atoms with E-state index in [0.717, 1.165) is 6.92 Å². The smallest absolute Gasteiger partial charge is 0.327 e. The molecule has 0 unspecified atom stereocenters.